The van der Waals surface area contributed by atoms with E-state index in [-0.39, 0.29) is 18.4 Å². The lowest BCUT2D eigenvalue weighted by Gasteiger charge is -2.22. The van der Waals surface area contributed by atoms with Crippen molar-refractivity contribution in [2.45, 2.75) is 39.2 Å². The number of benzene rings is 3. The van der Waals surface area contributed by atoms with Crippen LogP contribution in [0.1, 0.15) is 31.2 Å². The number of aryl methyl sites for hydroxylation is 2. The molecule has 0 radical (unpaired) electrons. The molecule has 0 bridgehead atoms. The number of fused-ring (bicyclic) bond motifs is 1. The molecule has 6 nitrogen and oxygen atoms in total. The highest BCUT2D eigenvalue weighted by atomic mass is 16.2. The number of hydrogen-bond acceptors (Lipinski definition) is 3. The number of amides is 2. The molecule has 0 atom stereocenters. The number of carbonyl (C=O) groups excluding carboxylic acids is 2. The highest BCUT2D eigenvalue weighted by Gasteiger charge is 2.18. The lowest BCUT2D eigenvalue weighted by molar-refractivity contribution is -0.121. The molecule has 1 heterocycles. The van der Waals surface area contributed by atoms with Gasteiger partial charge in [0.1, 0.15) is 12.4 Å². The third-order valence-electron chi connectivity index (χ3n) is 6.10. The predicted molar refractivity (Wildman–Crippen MR) is 140 cm³/mol. The molecule has 3 aromatic carbocycles. The lowest BCUT2D eigenvalue weighted by atomic mass is 10.1. The zero-order valence-corrected chi connectivity index (χ0v) is 20.2. The fraction of sp³-hybridized carbons (Fsp3) is 0.276. The Morgan fingerprint density at radius 2 is 1.57 bits per heavy atom. The molecule has 1 aromatic heterocycles. The molecule has 0 aliphatic rings. The maximum absolute atomic E-state index is 13.3. The molecule has 1 N–H and O–H groups in total. The lowest BCUT2D eigenvalue weighted by Crippen LogP contribution is -2.34. The van der Waals surface area contributed by atoms with Gasteiger partial charge in [-0.15, -0.1) is 0 Å². The fourth-order valence-corrected chi connectivity index (χ4v) is 4.29. The average Bonchev–Trinajstić information content (AvgIpc) is 3.24. The highest BCUT2D eigenvalue weighted by molar-refractivity contribution is 5.94. The second-order valence-corrected chi connectivity index (χ2v) is 8.52. The van der Waals surface area contributed by atoms with Crippen molar-refractivity contribution < 1.29 is 9.59 Å². The number of aromatic nitrogens is 2. The van der Waals surface area contributed by atoms with Gasteiger partial charge in [0.15, 0.2) is 0 Å². The number of likely N-dealkylation sites (N-methyl/N-ethyl adjacent to an activating group) is 1. The summed E-state index contributed by atoms with van der Waals surface area (Å²) in [5, 5.41) is 3.01. The van der Waals surface area contributed by atoms with Crippen molar-refractivity contribution in [2.75, 3.05) is 18.0 Å². The van der Waals surface area contributed by atoms with Gasteiger partial charge in [0.25, 0.3) is 0 Å². The van der Waals surface area contributed by atoms with E-state index in [0.29, 0.717) is 25.9 Å². The topological polar surface area (TPSA) is 67.2 Å². The van der Waals surface area contributed by atoms with Crippen molar-refractivity contribution in [3.05, 3.63) is 96.3 Å². The van der Waals surface area contributed by atoms with Gasteiger partial charge < -0.3 is 14.8 Å². The summed E-state index contributed by atoms with van der Waals surface area (Å²) in [7, 11) is 0. The molecule has 0 aliphatic heterocycles. The Hall–Kier alpha value is -3.93. The molecule has 35 heavy (non-hydrogen) atoms. The summed E-state index contributed by atoms with van der Waals surface area (Å²) in [5.74, 6) is 0.943. The summed E-state index contributed by atoms with van der Waals surface area (Å²) in [6.07, 6.45) is 2.65. The first kappa shape index (κ1) is 24.2. The van der Waals surface area contributed by atoms with Crippen LogP contribution >= 0.6 is 0 Å². The minimum absolute atomic E-state index is 0.0253. The summed E-state index contributed by atoms with van der Waals surface area (Å²) in [4.78, 5) is 32.1. The molecule has 6 heteroatoms. The summed E-state index contributed by atoms with van der Waals surface area (Å²) < 4.78 is 2.01. The second-order valence-electron chi connectivity index (χ2n) is 8.52. The Bertz CT molecular complexity index is 1250. The van der Waals surface area contributed by atoms with Crippen molar-refractivity contribution in [2.24, 2.45) is 0 Å². The van der Waals surface area contributed by atoms with Crippen LogP contribution in [-0.2, 0) is 29.0 Å². The van der Waals surface area contributed by atoms with Crippen molar-refractivity contribution in [1.82, 2.24) is 14.9 Å². The van der Waals surface area contributed by atoms with Crippen LogP contribution in [0.2, 0.25) is 0 Å². The number of para-hydroxylation sites is 3. The first-order chi connectivity index (χ1) is 17.2. The van der Waals surface area contributed by atoms with Gasteiger partial charge in [-0.3, -0.25) is 9.59 Å². The Balaban J connectivity index is 1.37. The van der Waals surface area contributed by atoms with Gasteiger partial charge >= 0.3 is 0 Å². The van der Waals surface area contributed by atoms with Gasteiger partial charge in [-0.05, 0) is 49.6 Å². The molecule has 0 saturated heterocycles. The molecule has 2 amide bonds. The number of nitrogens with zero attached hydrogens (tertiary/aromatic N) is 3. The zero-order chi connectivity index (χ0) is 24.5. The molecule has 4 rings (SSSR count). The SMILES string of the molecule is CCN(C(=O)Cn1c(CCCNC(=O)CCc2ccccc2)nc2ccccc21)c1ccccc1. The van der Waals surface area contributed by atoms with E-state index in [1.165, 1.54) is 0 Å². The molecule has 0 saturated carbocycles. The number of imidazole rings is 1. The van der Waals surface area contributed by atoms with E-state index in [2.05, 4.69) is 5.32 Å². The third-order valence-corrected chi connectivity index (χ3v) is 6.10. The Morgan fingerprint density at radius 1 is 0.886 bits per heavy atom. The fourth-order valence-electron chi connectivity index (χ4n) is 4.29. The predicted octanol–water partition coefficient (Wildman–Crippen LogP) is 4.77. The van der Waals surface area contributed by atoms with Crippen LogP contribution < -0.4 is 10.2 Å². The van der Waals surface area contributed by atoms with E-state index in [1.807, 2.05) is 96.4 Å². The van der Waals surface area contributed by atoms with Crippen LogP contribution in [0.25, 0.3) is 11.0 Å². The average molecular weight is 469 g/mol. The number of nitrogens with one attached hydrogen (secondary N) is 1. The first-order valence-corrected chi connectivity index (χ1v) is 12.3. The normalized spacial score (nSPS) is 10.9. The molecule has 0 aliphatic carbocycles. The van der Waals surface area contributed by atoms with Crippen molar-refractivity contribution in [1.29, 1.82) is 0 Å². The smallest absolute Gasteiger partial charge is 0.246 e. The summed E-state index contributed by atoms with van der Waals surface area (Å²) in [5.41, 5.74) is 3.89. The van der Waals surface area contributed by atoms with Crippen molar-refractivity contribution in [3.63, 3.8) is 0 Å². The van der Waals surface area contributed by atoms with E-state index >= 15 is 0 Å². The number of carbonyl (C=O) groups is 2. The third kappa shape index (κ3) is 6.35. The molecule has 0 spiro atoms. The van der Waals surface area contributed by atoms with E-state index in [4.69, 9.17) is 4.98 Å². The van der Waals surface area contributed by atoms with Gasteiger partial charge in [0.2, 0.25) is 11.8 Å². The first-order valence-electron chi connectivity index (χ1n) is 12.3. The van der Waals surface area contributed by atoms with Crippen molar-refractivity contribution in [3.8, 4) is 0 Å². The monoisotopic (exact) mass is 468 g/mol. The number of hydrogen-bond donors (Lipinski definition) is 1. The molecule has 0 fully saturated rings. The van der Waals surface area contributed by atoms with E-state index < -0.39 is 0 Å². The van der Waals surface area contributed by atoms with Crippen LogP contribution in [0.5, 0.6) is 0 Å². The number of anilines is 1. The maximum atomic E-state index is 13.3. The van der Waals surface area contributed by atoms with Gasteiger partial charge in [-0.2, -0.15) is 0 Å². The summed E-state index contributed by atoms with van der Waals surface area (Å²) >= 11 is 0. The van der Waals surface area contributed by atoms with E-state index in [0.717, 1.165) is 41.0 Å². The molecule has 180 valence electrons. The van der Waals surface area contributed by atoms with Crippen LogP contribution in [0.3, 0.4) is 0 Å². The van der Waals surface area contributed by atoms with Crippen LogP contribution in [0, 0.1) is 0 Å². The Kier molecular flexibility index (Phi) is 8.28. The molecular formula is C29H32N4O2. The van der Waals surface area contributed by atoms with Gasteiger partial charge in [-0.25, -0.2) is 4.98 Å². The van der Waals surface area contributed by atoms with Gasteiger partial charge in [0.05, 0.1) is 11.0 Å². The molecule has 4 aromatic rings. The Labute approximate surface area is 206 Å². The maximum Gasteiger partial charge on any atom is 0.246 e. The number of rotatable bonds is 11. The van der Waals surface area contributed by atoms with Gasteiger partial charge in [-0.1, -0.05) is 60.7 Å². The minimum Gasteiger partial charge on any atom is -0.356 e. The standard InChI is InChI=1S/C29H32N4O2/c1-2-32(24-14-7-4-8-15-24)29(35)22-33-26-17-10-9-16-25(26)31-27(33)18-11-21-30-28(34)20-19-23-12-5-3-6-13-23/h3-10,12-17H,2,11,18-22H2,1H3,(H,30,34). The summed E-state index contributed by atoms with van der Waals surface area (Å²) in [6.45, 7) is 3.38. The molecule has 0 unspecified atom stereocenters. The molecular weight excluding hydrogens is 436 g/mol. The van der Waals surface area contributed by atoms with E-state index in [9.17, 15) is 9.59 Å². The van der Waals surface area contributed by atoms with Crippen LogP contribution in [0.4, 0.5) is 5.69 Å². The Morgan fingerprint density at radius 3 is 2.31 bits per heavy atom. The zero-order valence-electron chi connectivity index (χ0n) is 20.2. The van der Waals surface area contributed by atoms with E-state index in [1.54, 1.807) is 4.90 Å². The minimum atomic E-state index is 0.0253. The van der Waals surface area contributed by atoms with Crippen molar-refractivity contribution >= 4 is 28.5 Å². The quantitative estimate of drug-likeness (QED) is 0.323. The van der Waals surface area contributed by atoms with Crippen LogP contribution in [-0.4, -0.2) is 34.5 Å². The van der Waals surface area contributed by atoms with Crippen LogP contribution in [0.15, 0.2) is 84.9 Å². The largest absolute Gasteiger partial charge is 0.356 e. The second kappa shape index (κ2) is 12.0. The summed E-state index contributed by atoms with van der Waals surface area (Å²) in [6, 6.07) is 27.7. The van der Waals surface area contributed by atoms with Gasteiger partial charge in [0, 0.05) is 31.6 Å². The highest BCUT2D eigenvalue weighted by Crippen LogP contribution is 2.19.